The minimum atomic E-state index is -3.93. The Hall–Kier alpha value is -3.50. The number of nitrogens with one attached hydrogen (secondary N) is 1. The first kappa shape index (κ1) is 23.2. The van der Waals surface area contributed by atoms with Gasteiger partial charge in [0.2, 0.25) is 10.0 Å². The summed E-state index contributed by atoms with van der Waals surface area (Å²) in [4.78, 5) is 25.0. The third-order valence-electron chi connectivity index (χ3n) is 4.82. The predicted octanol–water partition coefficient (Wildman–Crippen LogP) is 3.06. The zero-order chi connectivity index (χ0) is 23.6. The van der Waals surface area contributed by atoms with Crippen molar-refractivity contribution in [2.24, 2.45) is 5.14 Å². The quantitative estimate of drug-likeness (QED) is 0.549. The normalized spacial score (nSPS) is 12.3. The van der Waals surface area contributed by atoms with Crippen molar-refractivity contribution < 1.29 is 27.1 Å². The van der Waals surface area contributed by atoms with Crippen LogP contribution in [0.2, 0.25) is 0 Å². The molecule has 0 saturated heterocycles. The van der Waals surface area contributed by atoms with E-state index >= 15 is 0 Å². The molecule has 3 N–H and O–H groups in total. The minimum absolute atomic E-state index is 0.159. The first-order chi connectivity index (χ1) is 15.0. The lowest BCUT2D eigenvalue weighted by Gasteiger charge is -2.14. The Kier molecular flexibility index (Phi) is 6.47. The highest BCUT2D eigenvalue weighted by Gasteiger charge is 2.23. The van der Waals surface area contributed by atoms with Gasteiger partial charge in [-0.25, -0.2) is 22.7 Å². The summed E-state index contributed by atoms with van der Waals surface area (Å²) in [6, 6.07) is 12.9. The Morgan fingerprint density at radius 1 is 1.09 bits per heavy atom. The van der Waals surface area contributed by atoms with Gasteiger partial charge in [0.15, 0.2) is 6.10 Å². The van der Waals surface area contributed by atoms with Crippen LogP contribution in [0.5, 0.6) is 0 Å². The lowest BCUT2D eigenvalue weighted by Crippen LogP contribution is -2.30. The van der Waals surface area contributed by atoms with Gasteiger partial charge in [0, 0.05) is 22.8 Å². The van der Waals surface area contributed by atoms with Gasteiger partial charge in [-0.1, -0.05) is 6.07 Å². The average molecular weight is 459 g/mol. The van der Waals surface area contributed by atoms with Crippen LogP contribution in [0, 0.1) is 19.7 Å². The molecule has 1 amide bonds. The maximum atomic E-state index is 13.2. The lowest BCUT2D eigenvalue weighted by molar-refractivity contribution is -0.123. The molecule has 8 nitrogen and oxygen atoms in total. The first-order valence-electron chi connectivity index (χ1n) is 9.57. The Bertz CT molecular complexity index is 1280. The molecule has 3 aromatic rings. The van der Waals surface area contributed by atoms with Crippen LogP contribution in [0.3, 0.4) is 0 Å². The molecule has 0 aliphatic rings. The van der Waals surface area contributed by atoms with Crippen molar-refractivity contribution >= 4 is 27.6 Å². The average Bonchev–Trinajstić information content (AvgIpc) is 3.02. The number of hydrogen-bond acceptors (Lipinski definition) is 5. The summed E-state index contributed by atoms with van der Waals surface area (Å²) in [5.41, 5.74) is 2.45. The maximum Gasteiger partial charge on any atom is 0.340 e. The van der Waals surface area contributed by atoms with E-state index in [1.165, 1.54) is 43.3 Å². The molecule has 3 rings (SSSR count). The van der Waals surface area contributed by atoms with Gasteiger partial charge < -0.3 is 14.6 Å². The van der Waals surface area contributed by atoms with Crippen LogP contribution >= 0.6 is 0 Å². The van der Waals surface area contributed by atoms with Crippen LogP contribution in [0.4, 0.5) is 10.1 Å². The van der Waals surface area contributed by atoms with Crippen LogP contribution in [0.1, 0.15) is 28.7 Å². The molecule has 168 valence electrons. The van der Waals surface area contributed by atoms with Crippen LogP contribution < -0.4 is 10.5 Å². The maximum absolute atomic E-state index is 13.2. The second-order valence-electron chi connectivity index (χ2n) is 7.21. The third kappa shape index (κ3) is 5.04. The van der Waals surface area contributed by atoms with Gasteiger partial charge in [-0.05, 0) is 69.3 Å². The van der Waals surface area contributed by atoms with Crippen molar-refractivity contribution in [2.45, 2.75) is 31.8 Å². The van der Waals surface area contributed by atoms with Crippen LogP contribution in [0.15, 0.2) is 59.5 Å². The molecule has 0 aliphatic carbocycles. The zero-order valence-corrected chi connectivity index (χ0v) is 18.4. The van der Waals surface area contributed by atoms with Crippen molar-refractivity contribution in [3.05, 3.63) is 77.4 Å². The summed E-state index contributed by atoms with van der Waals surface area (Å²) >= 11 is 0. The van der Waals surface area contributed by atoms with Crippen LogP contribution in [-0.2, 0) is 19.6 Å². The van der Waals surface area contributed by atoms with Crippen molar-refractivity contribution in [3.63, 3.8) is 0 Å². The molecule has 0 aliphatic heterocycles. The molecule has 0 fully saturated rings. The van der Waals surface area contributed by atoms with E-state index in [0.29, 0.717) is 11.4 Å². The summed E-state index contributed by atoms with van der Waals surface area (Å²) in [6.45, 7) is 4.91. The smallest absolute Gasteiger partial charge is 0.340 e. The summed E-state index contributed by atoms with van der Waals surface area (Å²) in [7, 11) is -3.93. The van der Waals surface area contributed by atoms with Gasteiger partial charge in [-0.15, -0.1) is 0 Å². The molecule has 1 unspecified atom stereocenters. The number of anilines is 1. The van der Waals surface area contributed by atoms with E-state index in [1.54, 1.807) is 36.6 Å². The lowest BCUT2D eigenvalue weighted by atomic mass is 10.2. The van der Waals surface area contributed by atoms with E-state index in [-0.39, 0.29) is 22.0 Å². The van der Waals surface area contributed by atoms with Gasteiger partial charge in [0.05, 0.1) is 10.5 Å². The highest BCUT2D eigenvalue weighted by molar-refractivity contribution is 7.89. The molecule has 0 saturated carbocycles. The Morgan fingerprint density at radius 3 is 2.38 bits per heavy atom. The number of primary sulfonamides is 1. The van der Waals surface area contributed by atoms with E-state index in [9.17, 15) is 22.4 Å². The molecular weight excluding hydrogens is 437 g/mol. The number of amides is 1. The number of ether oxygens (including phenoxy) is 1. The predicted molar refractivity (Wildman–Crippen MR) is 117 cm³/mol. The number of carbonyl (C=O) groups is 2. The van der Waals surface area contributed by atoms with Gasteiger partial charge in [-0.3, -0.25) is 4.79 Å². The molecule has 1 atom stereocenters. The van der Waals surface area contributed by atoms with Crippen LogP contribution in [-0.4, -0.2) is 31.0 Å². The van der Waals surface area contributed by atoms with Gasteiger partial charge >= 0.3 is 5.97 Å². The first-order valence-corrected chi connectivity index (χ1v) is 11.1. The number of sulfonamides is 1. The second kappa shape index (κ2) is 8.93. The highest BCUT2D eigenvalue weighted by atomic mass is 32.2. The van der Waals surface area contributed by atoms with Crippen molar-refractivity contribution in [1.82, 2.24) is 4.57 Å². The molecule has 1 heterocycles. The number of benzene rings is 2. The Balaban J connectivity index is 1.74. The fourth-order valence-electron chi connectivity index (χ4n) is 3.23. The molecule has 2 aromatic carbocycles. The van der Waals surface area contributed by atoms with E-state index in [1.807, 2.05) is 0 Å². The van der Waals surface area contributed by atoms with Crippen molar-refractivity contribution in [2.75, 3.05) is 5.32 Å². The second-order valence-corrected chi connectivity index (χ2v) is 8.77. The number of nitrogens with two attached hydrogens (primary N) is 1. The summed E-state index contributed by atoms with van der Waals surface area (Å²) in [5.74, 6) is -1.71. The molecule has 32 heavy (non-hydrogen) atoms. The topological polar surface area (TPSA) is 120 Å². The Labute approximate surface area is 184 Å². The van der Waals surface area contributed by atoms with E-state index < -0.39 is 28.0 Å². The summed E-state index contributed by atoms with van der Waals surface area (Å²) in [5, 5.41) is 7.59. The standard InChI is InChI=1S/C22H22FN3O5S/c1-13-11-20(14(2)26(13)18-9-7-16(23)8-10-18)22(28)31-15(3)21(27)25-17-5-4-6-19(12-17)32(24,29)30/h4-12,15H,1-3H3,(H,25,27)(H2,24,29,30). The van der Waals surface area contributed by atoms with Crippen molar-refractivity contribution in [1.29, 1.82) is 0 Å². The van der Waals surface area contributed by atoms with E-state index in [2.05, 4.69) is 5.32 Å². The summed E-state index contributed by atoms with van der Waals surface area (Å²) in [6.07, 6.45) is -1.16. The van der Waals surface area contributed by atoms with E-state index in [0.717, 1.165) is 5.69 Å². The monoisotopic (exact) mass is 459 g/mol. The SMILES string of the molecule is Cc1cc(C(=O)OC(C)C(=O)Nc2cccc(S(N)(=O)=O)c2)c(C)n1-c1ccc(F)cc1. The summed E-state index contributed by atoms with van der Waals surface area (Å²) < 4.78 is 43.2. The van der Waals surface area contributed by atoms with E-state index in [4.69, 9.17) is 9.88 Å². The van der Waals surface area contributed by atoms with Gasteiger partial charge in [0.25, 0.3) is 5.91 Å². The zero-order valence-electron chi connectivity index (χ0n) is 17.6. The Morgan fingerprint density at radius 2 is 1.75 bits per heavy atom. The number of aromatic nitrogens is 1. The number of carbonyl (C=O) groups excluding carboxylic acids is 2. The third-order valence-corrected chi connectivity index (χ3v) is 5.73. The minimum Gasteiger partial charge on any atom is -0.449 e. The number of nitrogens with zero attached hydrogens (tertiary/aromatic N) is 1. The fraction of sp³-hybridized carbons (Fsp3) is 0.182. The molecule has 0 radical (unpaired) electrons. The van der Waals surface area contributed by atoms with Gasteiger partial charge in [-0.2, -0.15) is 0 Å². The molecule has 1 aromatic heterocycles. The van der Waals surface area contributed by atoms with Gasteiger partial charge in [0.1, 0.15) is 5.82 Å². The molecular formula is C22H22FN3O5S. The highest BCUT2D eigenvalue weighted by Crippen LogP contribution is 2.22. The van der Waals surface area contributed by atoms with Crippen molar-refractivity contribution in [3.8, 4) is 5.69 Å². The number of aryl methyl sites for hydroxylation is 1. The number of hydrogen-bond donors (Lipinski definition) is 2. The molecule has 0 bridgehead atoms. The molecule has 0 spiro atoms. The fourth-order valence-corrected chi connectivity index (χ4v) is 3.79. The van der Waals surface area contributed by atoms with Crippen LogP contribution in [0.25, 0.3) is 5.69 Å². The number of halogens is 1. The number of rotatable bonds is 6. The number of esters is 1. The largest absolute Gasteiger partial charge is 0.449 e. The molecule has 10 heteroatoms.